The minimum Gasteiger partial charge on any atom is -0.388 e. The predicted octanol–water partition coefficient (Wildman–Crippen LogP) is 2.02. The lowest BCUT2D eigenvalue weighted by molar-refractivity contribution is 0.264. The predicted molar refractivity (Wildman–Crippen MR) is 50.6 cm³/mol. The first kappa shape index (κ1) is 10.1. The van der Waals surface area contributed by atoms with Gasteiger partial charge in [0.15, 0.2) is 5.82 Å². The molecule has 0 saturated heterocycles. The van der Waals surface area contributed by atoms with Crippen molar-refractivity contribution in [1.29, 1.82) is 0 Å². The maximum Gasteiger partial charge on any atom is 0.258 e. The van der Waals surface area contributed by atoms with Gasteiger partial charge in [0.05, 0.1) is 5.02 Å². The highest BCUT2D eigenvalue weighted by Gasteiger charge is 2.09. The van der Waals surface area contributed by atoms with Crippen LogP contribution in [0.3, 0.4) is 0 Å². The molecule has 15 heavy (non-hydrogen) atoms. The Labute approximate surface area is 89.3 Å². The van der Waals surface area contributed by atoms with Gasteiger partial charge in [0.1, 0.15) is 12.4 Å². The van der Waals surface area contributed by atoms with Crippen molar-refractivity contribution < 1.29 is 14.0 Å². The van der Waals surface area contributed by atoms with Gasteiger partial charge in [-0.3, -0.25) is 0 Å². The van der Waals surface area contributed by atoms with Gasteiger partial charge in [0, 0.05) is 5.56 Å². The molecular weight excluding hydrogens is 223 g/mol. The van der Waals surface area contributed by atoms with Crippen LogP contribution in [0.5, 0.6) is 0 Å². The van der Waals surface area contributed by atoms with E-state index in [0.717, 1.165) is 0 Å². The largest absolute Gasteiger partial charge is 0.388 e. The maximum atomic E-state index is 12.8. The molecule has 2 aromatic rings. The summed E-state index contributed by atoms with van der Waals surface area (Å²) < 4.78 is 17.7. The highest BCUT2D eigenvalue weighted by atomic mass is 35.5. The second-order valence-corrected chi connectivity index (χ2v) is 3.21. The molecule has 0 aliphatic heterocycles. The van der Waals surface area contributed by atoms with Gasteiger partial charge in [0.25, 0.3) is 5.89 Å². The standard InChI is InChI=1S/C9H6ClFN2O2/c10-6-3-5(1-2-7(6)11)9-12-8(4-14)13-15-9/h1-3,14H,4H2. The van der Waals surface area contributed by atoms with Gasteiger partial charge in [-0.05, 0) is 18.2 Å². The van der Waals surface area contributed by atoms with Crippen LogP contribution in [-0.2, 0) is 6.61 Å². The molecule has 1 aromatic carbocycles. The number of aromatic nitrogens is 2. The molecule has 0 spiro atoms. The molecule has 6 heteroatoms. The Hall–Kier alpha value is -1.46. The third-order valence-corrected chi connectivity index (χ3v) is 2.07. The number of hydrogen-bond donors (Lipinski definition) is 1. The van der Waals surface area contributed by atoms with Gasteiger partial charge in [0.2, 0.25) is 0 Å². The third kappa shape index (κ3) is 1.98. The molecule has 0 unspecified atom stereocenters. The fourth-order valence-corrected chi connectivity index (χ4v) is 1.25. The van der Waals surface area contributed by atoms with Crippen molar-refractivity contribution in [3.05, 3.63) is 34.9 Å². The summed E-state index contributed by atoms with van der Waals surface area (Å²) in [5.41, 5.74) is 0.508. The average molecular weight is 229 g/mol. The Kier molecular flexibility index (Phi) is 2.66. The lowest BCUT2D eigenvalue weighted by Crippen LogP contribution is -1.85. The molecule has 78 valence electrons. The quantitative estimate of drug-likeness (QED) is 0.854. The molecule has 1 aromatic heterocycles. The van der Waals surface area contributed by atoms with Crippen LogP contribution in [0.4, 0.5) is 4.39 Å². The Morgan fingerprint density at radius 2 is 2.27 bits per heavy atom. The normalized spacial score (nSPS) is 10.6. The SMILES string of the molecule is OCc1noc(-c2ccc(F)c(Cl)c2)n1. The summed E-state index contributed by atoms with van der Waals surface area (Å²) in [7, 11) is 0. The molecule has 0 bridgehead atoms. The number of halogens is 2. The van der Waals surface area contributed by atoms with E-state index in [2.05, 4.69) is 10.1 Å². The van der Waals surface area contributed by atoms with E-state index >= 15 is 0 Å². The lowest BCUT2D eigenvalue weighted by atomic mass is 10.2. The van der Waals surface area contributed by atoms with E-state index in [-0.39, 0.29) is 23.3 Å². The number of aliphatic hydroxyl groups excluding tert-OH is 1. The van der Waals surface area contributed by atoms with Gasteiger partial charge in [-0.15, -0.1) is 0 Å². The zero-order chi connectivity index (χ0) is 10.8. The number of rotatable bonds is 2. The second kappa shape index (κ2) is 3.96. The first-order valence-corrected chi connectivity index (χ1v) is 4.47. The van der Waals surface area contributed by atoms with Crippen LogP contribution in [0.25, 0.3) is 11.5 Å². The molecule has 1 N–H and O–H groups in total. The molecular formula is C9H6ClFN2O2. The van der Waals surface area contributed by atoms with Crippen LogP contribution in [0.15, 0.2) is 22.7 Å². The maximum absolute atomic E-state index is 12.8. The summed E-state index contributed by atoms with van der Waals surface area (Å²) in [5, 5.41) is 12.2. The summed E-state index contributed by atoms with van der Waals surface area (Å²) in [4.78, 5) is 3.86. The van der Waals surface area contributed by atoms with E-state index in [4.69, 9.17) is 21.2 Å². The van der Waals surface area contributed by atoms with Gasteiger partial charge >= 0.3 is 0 Å². The molecule has 0 fully saturated rings. The Morgan fingerprint density at radius 3 is 2.87 bits per heavy atom. The molecule has 1 heterocycles. The Bertz CT molecular complexity index is 487. The van der Waals surface area contributed by atoms with E-state index in [1.54, 1.807) is 0 Å². The molecule has 2 rings (SSSR count). The van der Waals surface area contributed by atoms with E-state index in [1.165, 1.54) is 18.2 Å². The van der Waals surface area contributed by atoms with E-state index in [0.29, 0.717) is 5.56 Å². The fourth-order valence-electron chi connectivity index (χ4n) is 1.06. The van der Waals surface area contributed by atoms with Crippen molar-refractivity contribution in [1.82, 2.24) is 10.1 Å². The van der Waals surface area contributed by atoms with Crippen molar-refractivity contribution >= 4 is 11.6 Å². The van der Waals surface area contributed by atoms with Gasteiger partial charge in [-0.25, -0.2) is 4.39 Å². The topological polar surface area (TPSA) is 59.2 Å². The van der Waals surface area contributed by atoms with Crippen molar-refractivity contribution in [2.75, 3.05) is 0 Å². The van der Waals surface area contributed by atoms with E-state index in [9.17, 15) is 4.39 Å². The van der Waals surface area contributed by atoms with Crippen LogP contribution in [0, 0.1) is 5.82 Å². The summed E-state index contributed by atoms with van der Waals surface area (Å²) in [6, 6.07) is 4.06. The van der Waals surface area contributed by atoms with E-state index in [1.807, 2.05) is 0 Å². The monoisotopic (exact) mass is 228 g/mol. The molecule has 0 saturated carbocycles. The summed E-state index contributed by atoms with van der Waals surface area (Å²) >= 11 is 5.59. The zero-order valence-electron chi connectivity index (χ0n) is 7.44. The minimum atomic E-state index is -0.512. The molecule has 4 nitrogen and oxygen atoms in total. The van der Waals surface area contributed by atoms with Gasteiger partial charge < -0.3 is 9.63 Å². The van der Waals surface area contributed by atoms with Crippen molar-refractivity contribution in [3.63, 3.8) is 0 Å². The molecule has 0 aliphatic rings. The average Bonchev–Trinajstić information content (AvgIpc) is 2.70. The Balaban J connectivity index is 2.40. The smallest absolute Gasteiger partial charge is 0.258 e. The van der Waals surface area contributed by atoms with Crippen LogP contribution in [0.1, 0.15) is 5.82 Å². The zero-order valence-corrected chi connectivity index (χ0v) is 8.20. The molecule has 0 aliphatic carbocycles. The number of aliphatic hydroxyl groups is 1. The van der Waals surface area contributed by atoms with Crippen molar-refractivity contribution in [2.45, 2.75) is 6.61 Å². The van der Waals surface area contributed by atoms with Crippen LogP contribution >= 0.6 is 11.6 Å². The number of hydrogen-bond acceptors (Lipinski definition) is 4. The van der Waals surface area contributed by atoms with Crippen LogP contribution < -0.4 is 0 Å². The molecule has 0 amide bonds. The highest BCUT2D eigenvalue weighted by molar-refractivity contribution is 6.31. The first-order chi connectivity index (χ1) is 7.20. The first-order valence-electron chi connectivity index (χ1n) is 4.09. The summed E-state index contributed by atoms with van der Waals surface area (Å²) in [6.45, 7) is -0.307. The van der Waals surface area contributed by atoms with E-state index < -0.39 is 5.82 Å². The number of nitrogens with zero attached hydrogens (tertiary/aromatic N) is 2. The lowest BCUT2D eigenvalue weighted by Gasteiger charge is -1.96. The molecule has 0 radical (unpaired) electrons. The highest BCUT2D eigenvalue weighted by Crippen LogP contribution is 2.23. The third-order valence-electron chi connectivity index (χ3n) is 1.78. The van der Waals surface area contributed by atoms with Gasteiger partial charge in [-0.2, -0.15) is 4.98 Å². The molecule has 0 atom stereocenters. The summed E-state index contributed by atoms with van der Waals surface area (Å²) in [6.07, 6.45) is 0. The van der Waals surface area contributed by atoms with Gasteiger partial charge in [-0.1, -0.05) is 16.8 Å². The minimum absolute atomic E-state index is 0.0174. The fraction of sp³-hybridized carbons (Fsp3) is 0.111. The Morgan fingerprint density at radius 1 is 1.47 bits per heavy atom. The number of benzene rings is 1. The van der Waals surface area contributed by atoms with Crippen molar-refractivity contribution in [3.8, 4) is 11.5 Å². The van der Waals surface area contributed by atoms with Crippen LogP contribution in [0.2, 0.25) is 5.02 Å². The second-order valence-electron chi connectivity index (χ2n) is 2.80. The van der Waals surface area contributed by atoms with Crippen molar-refractivity contribution in [2.24, 2.45) is 0 Å². The summed E-state index contributed by atoms with van der Waals surface area (Å²) in [5.74, 6) is -0.145. The van der Waals surface area contributed by atoms with Crippen LogP contribution in [-0.4, -0.2) is 15.2 Å².